The highest BCUT2D eigenvalue weighted by atomic mass is 32.1. The molecule has 10 nitrogen and oxygen atoms in total. The van der Waals surface area contributed by atoms with Gasteiger partial charge in [-0.25, -0.2) is 18.2 Å². The minimum Gasteiger partial charge on any atom is -0.506 e. The van der Waals surface area contributed by atoms with E-state index in [9.17, 15) is 14.8 Å². The molecule has 55 heavy (non-hydrogen) atoms. The monoisotopic (exact) mass is 796 g/mol. The number of ether oxygens (including phenoxy) is 1. The third-order valence-electron chi connectivity index (χ3n) is 10.3. The number of aromatic hydroxyl groups is 1. The number of thiophene rings is 2. The number of rotatable bonds is 9. The smallest absolute Gasteiger partial charge is 0.420 e. The molecule has 2 aliphatic rings. The van der Waals surface area contributed by atoms with Crippen LogP contribution < -0.4 is 21.5 Å². The molecule has 0 spiro atoms. The van der Waals surface area contributed by atoms with Gasteiger partial charge in [0, 0.05) is 35.7 Å². The quantitative estimate of drug-likeness (QED) is 0.105. The van der Waals surface area contributed by atoms with E-state index in [0.717, 1.165) is 24.1 Å². The summed E-state index contributed by atoms with van der Waals surface area (Å²) < 4.78 is 98.5. The first-order valence-corrected chi connectivity index (χ1v) is 18.8. The second-order valence-electron chi connectivity index (χ2n) is 13.6. The van der Waals surface area contributed by atoms with Gasteiger partial charge in [-0.3, -0.25) is 4.90 Å². The van der Waals surface area contributed by atoms with Crippen LogP contribution in [0.15, 0.2) is 47.3 Å². The first-order chi connectivity index (χ1) is 26.3. The molecular formula is C37H30F6N8O2S2. The lowest BCUT2D eigenvalue weighted by molar-refractivity contribution is -0.138. The number of phenols is 1. The number of nitrogens with zero attached hydrogens (tertiary/aromatic N) is 5. The van der Waals surface area contributed by atoms with E-state index in [1.807, 2.05) is 21.7 Å². The number of alkyl halides is 4. The summed E-state index contributed by atoms with van der Waals surface area (Å²) in [6, 6.07) is 7.33. The van der Waals surface area contributed by atoms with E-state index in [1.54, 1.807) is 18.2 Å². The van der Waals surface area contributed by atoms with Crippen LogP contribution in [0.3, 0.4) is 0 Å². The van der Waals surface area contributed by atoms with Crippen molar-refractivity contribution in [1.82, 2.24) is 19.9 Å². The van der Waals surface area contributed by atoms with Gasteiger partial charge in [-0.15, -0.1) is 11.3 Å². The molecule has 2 aliphatic heterocycles. The maximum absolute atomic E-state index is 17.3. The summed E-state index contributed by atoms with van der Waals surface area (Å²) in [4.78, 5) is 14.8. The Labute approximate surface area is 317 Å². The Morgan fingerprint density at radius 2 is 1.98 bits per heavy atom. The summed E-state index contributed by atoms with van der Waals surface area (Å²) in [7, 11) is 0. The van der Waals surface area contributed by atoms with Gasteiger partial charge in [-0.1, -0.05) is 12.1 Å². The van der Waals surface area contributed by atoms with Gasteiger partial charge in [-0.2, -0.15) is 39.7 Å². The Morgan fingerprint density at radius 1 is 1.16 bits per heavy atom. The number of hydrogen-bond donors (Lipinski definition) is 4. The number of phenolic OH excluding ortho intramolecular Hbond substituents is 1. The molecule has 2 fully saturated rings. The van der Waals surface area contributed by atoms with E-state index in [-0.39, 0.29) is 52.5 Å². The molecule has 0 saturated carbocycles. The predicted octanol–water partition coefficient (Wildman–Crippen LogP) is 8.36. The Bertz CT molecular complexity index is 2510. The number of fused-ring (bicyclic) bond motifs is 3. The average Bonchev–Trinajstić information content (AvgIpc) is 3.92. The predicted molar refractivity (Wildman–Crippen MR) is 198 cm³/mol. The summed E-state index contributed by atoms with van der Waals surface area (Å²) in [6.07, 6.45) is -3.26. The first-order valence-electron chi connectivity index (χ1n) is 17.0. The van der Waals surface area contributed by atoms with E-state index in [4.69, 9.17) is 16.2 Å². The third kappa shape index (κ3) is 6.29. The highest BCUT2D eigenvalue weighted by Gasteiger charge is 2.49. The molecular weight excluding hydrogens is 767 g/mol. The standard InChI is InChI=1S/C37H30F6N8O2S2/c38-18-12-36(7-2-9-51(36)14-18)16-53-35-49-29-26(34(50-35)48-23(11-17-6-10-54-15-17)19-3-1-8-47-32(19)45)30(52)27(37(41,42)43)25(28(29)40)20-4-5-22(39)31-24(20)21(13-44)33(46)55-31/h1,3-6,8,10,15,18,23,52H,2,7,9,11-12,14,16,46H2,(H2,45,47)(H,48,49,50)/t18-,23-,36+/m1/s1. The molecule has 3 atom stereocenters. The lowest BCUT2D eigenvalue weighted by atomic mass is 9.91. The van der Waals surface area contributed by atoms with Crippen molar-refractivity contribution in [2.75, 3.05) is 36.5 Å². The van der Waals surface area contributed by atoms with E-state index < -0.39 is 80.7 Å². The zero-order valence-electron chi connectivity index (χ0n) is 28.6. The second kappa shape index (κ2) is 13.7. The van der Waals surface area contributed by atoms with E-state index >= 15 is 22.0 Å². The number of nitrogen functional groups attached to an aromatic ring is 2. The number of aromatic nitrogens is 3. The van der Waals surface area contributed by atoms with E-state index in [1.165, 1.54) is 17.5 Å². The number of anilines is 3. The summed E-state index contributed by atoms with van der Waals surface area (Å²) in [5, 5.41) is 27.1. The van der Waals surface area contributed by atoms with Crippen LogP contribution in [0.4, 0.5) is 43.0 Å². The second-order valence-corrected chi connectivity index (χ2v) is 15.4. The third-order valence-corrected chi connectivity index (χ3v) is 12.1. The van der Waals surface area contributed by atoms with Gasteiger partial charge >= 0.3 is 12.2 Å². The van der Waals surface area contributed by atoms with Crippen molar-refractivity contribution in [3.05, 3.63) is 81.2 Å². The normalized spacial score (nSPS) is 19.2. The molecule has 6 aromatic rings. The van der Waals surface area contributed by atoms with Gasteiger partial charge in [-0.05, 0) is 65.9 Å². The van der Waals surface area contributed by atoms with Crippen molar-refractivity contribution in [2.24, 2.45) is 0 Å². The molecule has 4 aromatic heterocycles. The molecule has 2 aromatic carbocycles. The minimum atomic E-state index is -5.41. The first kappa shape index (κ1) is 36.6. The summed E-state index contributed by atoms with van der Waals surface area (Å²) >= 11 is 2.03. The fraction of sp³-hybridized carbons (Fsp3) is 0.297. The van der Waals surface area contributed by atoms with Crippen molar-refractivity contribution in [3.63, 3.8) is 0 Å². The fourth-order valence-corrected chi connectivity index (χ4v) is 9.55. The van der Waals surface area contributed by atoms with Crippen molar-refractivity contribution in [3.8, 4) is 29.0 Å². The van der Waals surface area contributed by atoms with Crippen LogP contribution in [0.5, 0.6) is 11.8 Å². The number of benzene rings is 2. The van der Waals surface area contributed by atoms with Crippen LogP contribution in [-0.2, 0) is 12.6 Å². The van der Waals surface area contributed by atoms with Gasteiger partial charge < -0.3 is 26.6 Å². The van der Waals surface area contributed by atoms with Gasteiger partial charge in [0.05, 0.1) is 27.2 Å². The number of nitrogens with two attached hydrogens (primary N) is 2. The molecule has 6 N–H and O–H groups in total. The van der Waals surface area contributed by atoms with Crippen LogP contribution in [0, 0.1) is 23.0 Å². The fourth-order valence-electron chi connectivity index (χ4n) is 7.92. The van der Waals surface area contributed by atoms with Crippen molar-refractivity contribution >= 4 is 60.3 Å². The number of hydrogen-bond acceptors (Lipinski definition) is 12. The van der Waals surface area contributed by atoms with Gasteiger partial charge in [0.25, 0.3) is 0 Å². The van der Waals surface area contributed by atoms with Crippen LogP contribution in [0.1, 0.15) is 47.6 Å². The molecule has 284 valence electrons. The number of nitrogens with one attached hydrogen (secondary N) is 1. The lowest BCUT2D eigenvalue weighted by Gasteiger charge is -2.31. The van der Waals surface area contributed by atoms with Crippen LogP contribution in [0.25, 0.3) is 32.1 Å². The summed E-state index contributed by atoms with van der Waals surface area (Å²) in [5.74, 6) is -4.21. The van der Waals surface area contributed by atoms with Crippen LogP contribution in [-0.4, -0.2) is 56.4 Å². The zero-order valence-corrected chi connectivity index (χ0v) is 30.2. The van der Waals surface area contributed by atoms with Crippen molar-refractivity contribution < 1.29 is 36.2 Å². The SMILES string of the molecule is N#Cc1c(N)sc2c(F)ccc(-c3c(C(F)(F)F)c(O)c4c(N[C@H](Cc5ccsc5)c5cccnc5N)nc(OC[C@@]56CCCN5C[C@H](F)C6)nc4c3F)c12. The van der Waals surface area contributed by atoms with Crippen LogP contribution >= 0.6 is 22.7 Å². The molecule has 18 heteroatoms. The topological polar surface area (TPSA) is 159 Å². The molecule has 0 bridgehead atoms. The largest absolute Gasteiger partial charge is 0.506 e. The molecule has 0 amide bonds. The Morgan fingerprint density at radius 3 is 2.71 bits per heavy atom. The maximum Gasteiger partial charge on any atom is 0.420 e. The van der Waals surface area contributed by atoms with Crippen molar-refractivity contribution in [2.45, 2.75) is 49.6 Å². The molecule has 0 aliphatic carbocycles. The van der Waals surface area contributed by atoms with E-state index in [2.05, 4.69) is 20.3 Å². The summed E-state index contributed by atoms with van der Waals surface area (Å²) in [6.45, 7) is 0.745. The Hall–Kier alpha value is -5.38. The minimum absolute atomic E-state index is 0.102. The summed E-state index contributed by atoms with van der Waals surface area (Å²) in [5.41, 5.74) is 8.12. The maximum atomic E-state index is 17.3. The number of halogens is 6. The van der Waals surface area contributed by atoms with E-state index in [0.29, 0.717) is 29.9 Å². The highest BCUT2D eigenvalue weighted by molar-refractivity contribution is 7.23. The van der Waals surface area contributed by atoms with Crippen molar-refractivity contribution in [1.29, 1.82) is 5.26 Å². The molecule has 6 heterocycles. The van der Waals surface area contributed by atoms with Gasteiger partial charge in [0.1, 0.15) is 58.1 Å². The van der Waals surface area contributed by atoms with Crippen LogP contribution in [0.2, 0.25) is 0 Å². The molecule has 2 saturated heterocycles. The van der Waals surface area contributed by atoms with Gasteiger partial charge in [0.15, 0.2) is 5.82 Å². The number of nitriles is 1. The molecule has 0 unspecified atom stereocenters. The zero-order chi connectivity index (χ0) is 38.8. The number of pyridine rings is 1. The Kier molecular flexibility index (Phi) is 9.13. The Balaban J connectivity index is 1.38. The lowest BCUT2D eigenvalue weighted by Crippen LogP contribution is -2.43. The molecule has 0 radical (unpaired) electrons. The van der Waals surface area contributed by atoms with Gasteiger partial charge in [0.2, 0.25) is 0 Å². The highest BCUT2D eigenvalue weighted by Crippen LogP contribution is 2.52. The molecule has 8 rings (SSSR count). The average molecular weight is 797 g/mol.